The quantitative estimate of drug-likeness (QED) is 0.361. The highest BCUT2D eigenvalue weighted by Gasteiger charge is 2.30. The summed E-state index contributed by atoms with van der Waals surface area (Å²) in [6.07, 6.45) is 0.696. The zero-order chi connectivity index (χ0) is 22.6. The number of nitrogens with zero attached hydrogens (tertiary/aromatic N) is 3. The molecule has 0 unspecified atom stereocenters. The Morgan fingerprint density at radius 2 is 2.00 bits per heavy atom. The summed E-state index contributed by atoms with van der Waals surface area (Å²) in [6, 6.07) is 13.6. The Balaban J connectivity index is 1.26. The summed E-state index contributed by atoms with van der Waals surface area (Å²) in [4.78, 5) is 16.3. The molecule has 1 aliphatic rings. The van der Waals surface area contributed by atoms with Crippen molar-refractivity contribution in [2.24, 2.45) is 0 Å². The molecule has 168 valence electrons. The van der Waals surface area contributed by atoms with Crippen molar-refractivity contribution in [1.82, 2.24) is 20.5 Å². The van der Waals surface area contributed by atoms with Crippen molar-refractivity contribution in [3.8, 4) is 5.75 Å². The van der Waals surface area contributed by atoms with Gasteiger partial charge in [0, 0.05) is 18.8 Å². The number of benzene rings is 2. The molecule has 1 aromatic heterocycles. The second kappa shape index (κ2) is 9.61. The van der Waals surface area contributed by atoms with Gasteiger partial charge >= 0.3 is 0 Å². The number of aryl methyl sites for hydroxylation is 1. The minimum Gasteiger partial charge on any atom is -0.484 e. The molecule has 4 rings (SSSR count). The summed E-state index contributed by atoms with van der Waals surface area (Å²) >= 11 is 1.44. The number of rotatable bonds is 9. The van der Waals surface area contributed by atoms with Crippen LogP contribution in [-0.2, 0) is 21.2 Å². The monoisotopic (exact) mass is 473 g/mol. The van der Waals surface area contributed by atoms with Crippen LogP contribution in [0, 0.1) is 6.92 Å². The lowest BCUT2D eigenvalue weighted by molar-refractivity contribution is -0.122. The number of ether oxygens (including phenoxy) is 1. The van der Waals surface area contributed by atoms with Crippen molar-refractivity contribution in [1.29, 1.82) is 0 Å². The van der Waals surface area contributed by atoms with Crippen molar-refractivity contribution in [2.75, 3.05) is 29.8 Å². The molecule has 0 atom stereocenters. The van der Waals surface area contributed by atoms with Gasteiger partial charge in [0.2, 0.25) is 5.16 Å². The molecule has 32 heavy (non-hydrogen) atoms. The molecule has 0 spiro atoms. The van der Waals surface area contributed by atoms with Crippen LogP contribution in [0.5, 0.6) is 5.75 Å². The molecule has 2 aromatic carbocycles. The van der Waals surface area contributed by atoms with Gasteiger partial charge < -0.3 is 10.1 Å². The Hall–Kier alpha value is -3.05. The third-order valence-corrected chi connectivity index (χ3v) is 7.53. The topological polar surface area (TPSA) is 117 Å². The van der Waals surface area contributed by atoms with Gasteiger partial charge in [-0.15, -0.1) is 5.10 Å². The molecule has 0 radical (unpaired) electrons. The van der Waals surface area contributed by atoms with Gasteiger partial charge in [0.25, 0.3) is 15.9 Å². The molecule has 9 nitrogen and oxygen atoms in total. The first-order valence-corrected chi connectivity index (χ1v) is 12.5. The van der Waals surface area contributed by atoms with E-state index in [4.69, 9.17) is 4.74 Å². The summed E-state index contributed by atoms with van der Waals surface area (Å²) in [5.74, 6) is 1.54. The van der Waals surface area contributed by atoms with Crippen molar-refractivity contribution in [3.05, 3.63) is 59.9 Å². The lowest BCUT2D eigenvalue weighted by Crippen LogP contribution is -2.30. The predicted octanol–water partition coefficient (Wildman–Crippen LogP) is 2.15. The fourth-order valence-corrected chi connectivity index (χ4v) is 5.51. The number of thioether (sulfide) groups is 1. The molecule has 0 saturated carbocycles. The minimum absolute atomic E-state index is 0.157. The normalized spacial score (nSPS) is 13.1. The molecule has 0 saturated heterocycles. The number of carbonyl (C=O) groups excluding carboxylic acids is 1. The van der Waals surface area contributed by atoms with Crippen LogP contribution in [0.25, 0.3) is 0 Å². The lowest BCUT2D eigenvalue weighted by atomic mass is 10.2. The van der Waals surface area contributed by atoms with Crippen LogP contribution in [0.3, 0.4) is 0 Å². The summed E-state index contributed by atoms with van der Waals surface area (Å²) in [6.45, 7) is 2.54. The number of sulfonamides is 1. The SMILES string of the molecule is Cc1nc(SCCNC(=O)COc2ccc(S(=O)(=O)N3CCc4ccccc43)cc2)n[nH]1. The number of aromatic nitrogens is 3. The zero-order valence-electron chi connectivity index (χ0n) is 17.4. The van der Waals surface area contributed by atoms with Gasteiger partial charge in [0.1, 0.15) is 11.6 Å². The van der Waals surface area contributed by atoms with Crippen LogP contribution < -0.4 is 14.4 Å². The molecule has 0 aliphatic carbocycles. The van der Waals surface area contributed by atoms with Crippen LogP contribution in [0.1, 0.15) is 11.4 Å². The van der Waals surface area contributed by atoms with E-state index in [-0.39, 0.29) is 17.4 Å². The van der Waals surface area contributed by atoms with E-state index in [1.165, 1.54) is 28.2 Å². The predicted molar refractivity (Wildman–Crippen MR) is 121 cm³/mol. The van der Waals surface area contributed by atoms with E-state index >= 15 is 0 Å². The van der Waals surface area contributed by atoms with Crippen LogP contribution in [-0.4, -0.2) is 55.0 Å². The summed E-state index contributed by atoms with van der Waals surface area (Å²) < 4.78 is 33.0. The Morgan fingerprint density at radius 3 is 2.75 bits per heavy atom. The van der Waals surface area contributed by atoms with Crippen LogP contribution in [0.15, 0.2) is 58.6 Å². The molecule has 2 heterocycles. The highest BCUT2D eigenvalue weighted by molar-refractivity contribution is 7.99. The molecule has 1 aliphatic heterocycles. The van der Waals surface area contributed by atoms with Gasteiger partial charge in [-0.1, -0.05) is 30.0 Å². The highest BCUT2D eigenvalue weighted by atomic mass is 32.2. The van der Waals surface area contributed by atoms with Gasteiger partial charge in [-0.05, 0) is 49.2 Å². The van der Waals surface area contributed by atoms with Crippen molar-refractivity contribution < 1.29 is 17.9 Å². The molecular weight excluding hydrogens is 450 g/mol. The number of aromatic amines is 1. The Kier molecular flexibility index (Phi) is 6.66. The van der Waals surface area contributed by atoms with E-state index in [0.717, 1.165) is 17.1 Å². The van der Waals surface area contributed by atoms with Crippen LogP contribution >= 0.6 is 11.8 Å². The molecule has 11 heteroatoms. The fourth-order valence-electron chi connectivity index (χ4n) is 3.31. The van der Waals surface area contributed by atoms with E-state index in [1.807, 2.05) is 31.2 Å². The maximum atomic E-state index is 13.0. The second-order valence-corrected chi connectivity index (χ2v) is 10.0. The van der Waals surface area contributed by atoms with Gasteiger partial charge in [-0.3, -0.25) is 14.2 Å². The van der Waals surface area contributed by atoms with E-state index in [9.17, 15) is 13.2 Å². The number of hydrogen-bond donors (Lipinski definition) is 2. The molecule has 0 bridgehead atoms. The van der Waals surface area contributed by atoms with Gasteiger partial charge in [0.15, 0.2) is 6.61 Å². The average Bonchev–Trinajstić information content (AvgIpc) is 3.42. The number of nitrogens with one attached hydrogen (secondary N) is 2. The van der Waals surface area contributed by atoms with Gasteiger partial charge in [0.05, 0.1) is 10.6 Å². The van der Waals surface area contributed by atoms with Gasteiger partial charge in [-0.25, -0.2) is 13.4 Å². The van der Waals surface area contributed by atoms with Gasteiger partial charge in [-0.2, -0.15) is 0 Å². The maximum Gasteiger partial charge on any atom is 0.264 e. The molecule has 1 amide bonds. The first kappa shape index (κ1) is 22.2. The van der Waals surface area contributed by atoms with Crippen molar-refractivity contribution >= 4 is 33.4 Å². The van der Waals surface area contributed by atoms with E-state index in [0.29, 0.717) is 36.2 Å². The average molecular weight is 474 g/mol. The second-order valence-electron chi connectivity index (χ2n) is 7.12. The largest absolute Gasteiger partial charge is 0.484 e. The molecule has 0 fully saturated rings. The standard InChI is InChI=1S/C21H23N5O4S2/c1-15-23-21(25-24-15)31-13-11-22-20(27)14-30-17-6-8-18(9-7-17)32(28,29)26-12-10-16-4-2-3-5-19(16)26/h2-9H,10-14H2,1H3,(H,22,27)(H,23,24,25). The zero-order valence-corrected chi connectivity index (χ0v) is 19.1. The summed E-state index contributed by atoms with van der Waals surface area (Å²) in [5.41, 5.74) is 1.75. The third-order valence-electron chi connectivity index (χ3n) is 4.86. The molecule has 2 N–H and O–H groups in total. The number of hydrogen-bond acceptors (Lipinski definition) is 7. The Bertz CT molecular complexity index is 1190. The third kappa shape index (κ3) is 5.05. The van der Waals surface area contributed by atoms with Crippen LogP contribution in [0.2, 0.25) is 0 Å². The van der Waals surface area contributed by atoms with Crippen LogP contribution in [0.4, 0.5) is 5.69 Å². The number of carbonyl (C=O) groups is 1. The number of fused-ring (bicyclic) bond motifs is 1. The first-order valence-electron chi connectivity index (χ1n) is 10.1. The molecular formula is C21H23N5O4S2. The minimum atomic E-state index is -3.65. The fraction of sp³-hybridized carbons (Fsp3) is 0.286. The number of anilines is 1. The maximum absolute atomic E-state index is 13.0. The summed E-state index contributed by atoms with van der Waals surface area (Å²) in [5, 5.41) is 10.2. The highest BCUT2D eigenvalue weighted by Crippen LogP contribution is 2.33. The lowest BCUT2D eigenvalue weighted by Gasteiger charge is -2.19. The number of para-hydroxylation sites is 1. The van der Waals surface area contributed by atoms with E-state index < -0.39 is 10.0 Å². The van der Waals surface area contributed by atoms with E-state index in [1.54, 1.807) is 12.1 Å². The first-order chi connectivity index (χ1) is 15.4. The number of H-pyrrole nitrogens is 1. The smallest absolute Gasteiger partial charge is 0.264 e. The van der Waals surface area contributed by atoms with E-state index in [2.05, 4.69) is 20.5 Å². The molecule has 3 aromatic rings. The van der Waals surface area contributed by atoms with Crippen molar-refractivity contribution in [2.45, 2.75) is 23.4 Å². The Labute approximate surface area is 190 Å². The summed E-state index contributed by atoms with van der Waals surface area (Å²) in [7, 11) is -3.65. The van der Waals surface area contributed by atoms with Crippen molar-refractivity contribution in [3.63, 3.8) is 0 Å². The number of amides is 1. The Morgan fingerprint density at radius 1 is 1.22 bits per heavy atom.